The summed E-state index contributed by atoms with van der Waals surface area (Å²) in [6.45, 7) is 3.66. The molecule has 2 aliphatic heterocycles. The molecule has 0 unspecified atom stereocenters. The van der Waals surface area contributed by atoms with Crippen LogP contribution in [-0.2, 0) is 27.9 Å². The number of sulfonamides is 1. The number of hydrogen-bond donors (Lipinski definition) is 1. The summed E-state index contributed by atoms with van der Waals surface area (Å²) in [5.41, 5.74) is 2.59. The highest BCUT2D eigenvalue weighted by atomic mass is 32.2. The Balaban J connectivity index is 1.43. The highest BCUT2D eigenvalue weighted by Crippen LogP contribution is 2.21. The van der Waals surface area contributed by atoms with Crippen molar-refractivity contribution < 1.29 is 13.2 Å². The largest absolute Gasteiger partial charge is 0.355 e. The fourth-order valence-corrected chi connectivity index (χ4v) is 4.47. The van der Waals surface area contributed by atoms with E-state index in [1.54, 1.807) is 0 Å². The maximum Gasteiger partial charge on any atom is 0.234 e. The van der Waals surface area contributed by atoms with Crippen molar-refractivity contribution in [1.82, 2.24) is 14.5 Å². The number of hydrogen-bond acceptors (Lipinski definition) is 4. The van der Waals surface area contributed by atoms with Gasteiger partial charge >= 0.3 is 0 Å². The van der Waals surface area contributed by atoms with E-state index in [4.69, 9.17) is 0 Å². The van der Waals surface area contributed by atoms with Gasteiger partial charge in [-0.2, -0.15) is 0 Å². The number of piperidine rings is 1. The molecule has 2 heterocycles. The lowest BCUT2D eigenvalue weighted by molar-refractivity contribution is -0.122. The van der Waals surface area contributed by atoms with Crippen LogP contribution in [0.2, 0.25) is 0 Å². The van der Waals surface area contributed by atoms with Crippen LogP contribution in [0.5, 0.6) is 0 Å². The standard InChI is InChI=1S/C17H25N3O3S/c1-24(22,23)20-8-4-5-14(10-20)9-18-17(21)13-19-11-15-6-2-3-7-16(15)12-19/h2-3,6-7,14H,4-5,8-13H2,1H3,(H,18,21)/t14-/m0/s1. The van der Waals surface area contributed by atoms with Gasteiger partial charge in [0, 0.05) is 32.7 Å². The van der Waals surface area contributed by atoms with Gasteiger partial charge in [-0.05, 0) is 29.9 Å². The summed E-state index contributed by atoms with van der Waals surface area (Å²) in [5.74, 6) is 0.215. The number of nitrogens with zero attached hydrogens (tertiary/aromatic N) is 2. The molecule has 1 fully saturated rings. The van der Waals surface area contributed by atoms with Gasteiger partial charge in [-0.3, -0.25) is 9.69 Å². The molecule has 0 spiro atoms. The van der Waals surface area contributed by atoms with Gasteiger partial charge in [0.1, 0.15) is 0 Å². The maximum atomic E-state index is 12.2. The van der Waals surface area contributed by atoms with Crippen LogP contribution in [0.4, 0.5) is 0 Å². The average molecular weight is 351 g/mol. The lowest BCUT2D eigenvalue weighted by Crippen LogP contribution is -2.44. The maximum absolute atomic E-state index is 12.2. The van der Waals surface area contributed by atoms with Crippen molar-refractivity contribution in [3.05, 3.63) is 35.4 Å². The van der Waals surface area contributed by atoms with Crippen LogP contribution in [0.1, 0.15) is 24.0 Å². The van der Waals surface area contributed by atoms with Crippen molar-refractivity contribution in [3.8, 4) is 0 Å². The molecule has 0 saturated carbocycles. The van der Waals surface area contributed by atoms with E-state index in [1.807, 2.05) is 12.1 Å². The zero-order valence-corrected chi connectivity index (χ0v) is 14.9. The molecule has 2 aliphatic rings. The summed E-state index contributed by atoms with van der Waals surface area (Å²) < 4.78 is 24.8. The fraction of sp³-hybridized carbons (Fsp3) is 0.588. The minimum Gasteiger partial charge on any atom is -0.355 e. The molecule has 1 amide bonds. The van der Waals surface area contributed by atoms with Crippen LogP contribution >= 0.6 is 0 Å². The van der Waals surface area contributed by atoms with Gasteiger partial charge in [-0.1, -0.05) is 24.3 Å². The third-order valence-corrected chi connectivity index (χ3v) is 6.08. The van der Waals surface area contributed by atoms with E-state index < -0.39 is 10.0 Å². The second-order valence-electron chi connectivity index (χ2n) is 6.85. The molecule has 1 aromatic carbocycles. The van der Waals surface area contributed by atoms with E-state index >= 15 is 0 Å². The Bertz CT molecular complexity index is 680. The first-order chi connectivity index (χ1) is 11.4. The average Bonchev–Trinajstić information content (AvgIpc) is 2.94. The molecule has 132 valence electrons. The van der Waals surface area contributed by atoms with E-state index in [1.165, 1.54) is 21.7 Å². The van der Waals surface area contributed by atoms with Crippen molar-refractivity contribution in [2.75, 3.05) is 32.4 Å². The summed E-state index contributed by atoms with van der Waals surface area (Å²) in [4.78, 5) is 14.3. The van der Waals surface area contributed by atoms with Gasteiger partial charge in [-0.25, -0.2) is 12.7 Å². The molecule has 0 bridgehead atoms. The lowest BCUT2D eigenvalue weighted by Gasteiger charge is -2.31. The van der Waals surface area contributed by atoms with Crippen LogP contribution in [0, 0.1) is 5.92 Å². The molecule has 3 rings (SSSR count). The number of fused-ring (bicyclic) bond motifs is 1. The minimum atomic E-state index is -3.13. The molecule has 6 nitrogen and oxygen atoms in total. The summed E-state index contributed by atoms with van der Waals surface area (Å²) in [7, 11) is -3.13. The minimum absolute atomic E-state index is 0.0132. The van der Waals surface area contributed by atoms with E-state index in [2.05, 4.69) is 22.3 Å². The molecular weight excluding hydrogens is 326 g/mol. The molecule has 1 N–H and O–H groups in total. The van der Waals surface area contributed by atoms with Crippen molar-refractivity contribution >= 4 is 15.9 Å². The van der Waals surface area contributed by atoms with Crippen LogP contribution < -0.4 is 5.32 Å². The number of carbonyl (C=O) groups excluding carboxylic acids is 1. The first-order valence-electron chi connectivity index (χ1n) is 8.43. The Labute approximate surface area is 143 Å². The second kappa shape index (κ2) is 7.21. The fourth-order valence-electron chi connectivity index (χ4n) is 3.53. The van der Waals surface area contributed by atoms with Crippen LogP contribution in [0.15, 0.2) is 24.3 Å². The van der Waals surface area contributed by atoms with E-state index in [0.717, 1.165) is 25.9 Å². The van der Waals surface area contributed by atoms with Crippen molar-refractivity contribution in [3.63, 3.8) is 0 Å². The number of rotatable bonds is 5. The monoisotopic (exact) mass is 351 g/mol. The van der Waals surface area contributed by atoms with E-state index in [-0.39, 0.29) is 11.8 Å². The van der Waals surface area contributed by atoms with Gasteiger partial charge in [0.25, 0.3) is 0 Å². The highest BCUT2D eigenvalue weighted by molar-refractivity contribution is 7.88. The van der Waals surface area contributed by atoms with Crippen LogP contribution in [-0.4, -0.2) is 56.0 Å². The molecular formula is C17H25N3O3S. The summed E-state index contributed by atoms with van der Waals surface area (Å²) in [5, 5.41) is 2.98. The zero-order chi connectivity index (χ0) is 17.2. The van der Waals surface area contributed by atoms with Gasteiger partial charge in [0.2, 0.25) is 15.9 Å². The van der Waals surface area contributed by atoms with Crippen molar-refractivity contribution in [2.45, 2.75) is 25.9 Å². The normalized spacial score (nSPS) is 22.3. The molecule has 0 aromatic heterocycles. The molecule has 1 saturated heterocycles. The Hall–Kier alpha value is -1.44. The Kier molecular flexibility index (Phi) is 5.22. The Morgan fingerprint density at radius 3 is 2.54 bits per heavy atom. The molecule has 0 radical (unpaired) electrons. The SMILES string of the molecule is CS(=O)(=O)N1CCC[C@@H](CNC(=O)CN2Cc3ccccc3C2)C1. The molecule has 1 atom stereocenters. The summed E-state index contributed by atoms with van der Waals surface area (Å²) >= 11 is 0. The molecule has 0 aliphatic carbocycles. The second-order valence-corrected chi connectivity index (χ2v) is 8.83. The van der Waals surface area contributed by atoms with Gasteiger partial charge in [0.05, 0.1) is 12.8 Å². The molecule has 24 heavy (non-hydrogen) atoms. The lowest BCUT2D eigenvalue weighted by atomic mass is 10.00. The number of nitrogens with one attached hydrogen (secondary N) is 1. The van der Waals surface area contributed by atoms with Gasteiger partial charge < -0.3 is 5.32 Å². The number of carbonyl (C=O) groups is 1. The number of benzene rings is 1. The van der Waals surface area contributed by atoms with E-state index in [0.29, 0.717) is 26.2 Å². The highest BCUT2D eigenvalue weighted by Gasteiger charge is 2.26. The first kappa shape index (κ1) is 17.4. The van der Waals surface area contributed by atoms with Crippen LogP contribution in [0.3, 0.4) is 0 Å². The predicted octanol–water partition coefficient (Wildman–Crippen LogP) is 0.790. The van der Waals surface area contributed by atoms with Gasteiger partial charge in [0.15, 0.2) is 0 Å². The van der Waals surface area contributed by atoms with Gasteiger partial charge in [-0.15, -0.1) is 0 Å². The molecule has 1 aromatic rings. The molecule has 7 heteroatoms. The topological polar surface area (TPSA) is 69.7 Å². The van der Waals surface area contributed by atoms with E-state index in [9.17, 15) is 13.2 Å². The van der Waals surface area contributed by atoms with Crippen molar-refractivity contribution in [1.29, 1.82) is 0 Å². The summed E-state index contributed by atoms with van der Waals surface area (Å²) in [6, 6.07) is 8.27. The Morgan fingerprint density at radius 1 is 1.25 bits per heavy atom. The third kappa shape index (κ3) is 4.34. The van der Waals surface area contributed by atoms with Crippen molar-refractivity contribution in [2.24, 2.45) is 5.92 Å². The Morgan fingerprint density at radius 2 is 1.92 bits per heavy atom. The quantitative estimate of drug-likeness (QED) is 0.852. The smallest absolute Gasteiger partial charge is 0.234 e. The zero-order valence-electron chi connectivity index (χ0n) is 14.1. The number of amides is 1. The first-order valence-corrected chi connectivity index (χ1v) is 10.3. The third-order valence-electron chi connectivity index (χ3n) is 4.81. The predicted molar refractivity (Wildman–Crippen MR) is 92.7 cm³/mol. The summed E-state index contributed by atoms with van der Waals surface area (Å²) in [6.07, 6.45) is 3.06. The van der Waals surface area contributed by atoms with Crippen LogP contribution in [0.25, 0.3) is 0 Å².